The second-order valence-corrected chi connectivity index (χ2v) is 14.7. The summed E-state index contributed by atoms with van der Waals surface area (Å²) in [7, 11) is 2.02. The average Bonchev–Trinajstić information content (AvgIpc) is 3.68. The summed E-state index contributed by atoms with van der Waals surface area (Å²) in [5, 5.41) is 10.4. The van der Waals surface area contributed by atoms with E-state index in [1.165, 1.54) is 27.7 Å². The normalized spacial score (nSPS) is 16.0. The van der Waals surface area contributed by atoms with Crippen molar-refractivity contribution in [1.29, 1.82) is 0 Å². The lowest BCUT2D eigenvalue weighted by atomic mass is 9.84. The summed E-state index contributed by atoms with van der Waals surface area (Å²) in [6, 6.07) is 11.6. The largest absolute Gasteiger partial charge is 0.501 e. The van der Waals surface area contributed by atoms with Crippen LogP contribution in [0.1, 0.15) is 76.2 Å². The minimum atomic E-state index is -0.124. The van der Waals surface area contributed by atoms with Gasteiger partial charge in [0.2, 0.25) is 0 Å². The van der Waals surface area contributed by atoms with Gasteiger partial charge in [-0.15, -0.1) is 17.9 Å². The number of rotatable bonds is 16. The fourth-order valence-electron chi connectivity index (χ4n) is 7.15. The lowest BCUT2D eigenvalue weighted by Gasteiger charge is -2.37. The zero-order valence-electron chi connectivity index (χ0n) is 29.8. The fourth-order valence-corrected chi connectivity index (χ4v) is 8.02. The van der Waals surface area contributed by atoms with E-state index in [1.807, 2.05) is 13.2 Å². The van der Waals surface area contributed by atoms with Crippen molar-refractivity contribution in [1.82, 2.24) is 30.3 Å². The molecule has 5 rings (SSSR count). The Morgan fingerprint density at radius 2 is 2.02 bits per heavy atom. The molecular formula is C40H54N6OS. The van der Waals surface area contributed by atoms with Gasteiger partial charge in [-0.25, -0.2) is 9.99 Å². The Kier molecular flexibility index (Phi) is 11.6. The van der Waals surface area contributed by atoms with Gasteiger partial charge >= 0.3 is 0 Å². The van der Waals surface area contributed by atoms with Gasteiger partial charge in [0.05, 0.1) is 35.0 Å². The molecule has 256 valence electrons. The second-order valence-electron chi connectivity index (χ2n) is 13.8. The van der Waals surface area contributed by atoms with E-state index in [1.54, 1.807) is 17.6 Å². The van der Waals surface area contributed by atoms with E-state index in [0.29, 0.717) is 12.6 Å². The van der Waals surface area contributed by atoms with Gasteiger partial charge in [-0.1, -0.05) is 46.1 Å². The Balaban J connectivity index is 1.57. The van der Waals surface area contributed by atoms with E-state index in [4.69, 9.17) is 14.7 Å². The fraction of sp³-hybridized carbons (Fsp3) is 0.450. The first-order valence-electron chi connectivity index (χ1n) is 17.4. The van der Waals surface area contributed by atoms with Crippen molar-refractivity contribution < 1.29 is 4.74 Å². The molecule has 0 radical (unpaired) electrons. The number of ether oxygens (including phenoxy) is 1. The molecule has 8 heteroatoms. The van der Waals surface area contributed by atoms with Crippen molar-refractivity contribution in [3.05, 3.63) is 95.9 Å². The van der Waals surface area contributed by atoms with Crippen LogP contribution in [0.3, 0.4) is 0 Å². The summed E-state index contributed by atoms with van der Waals surface area (Å²) < 4.78 is 8.23. The van der Waals surface area contributed by atoms with Crippen LogP contribution in [0.2, 0.25) is 0 Å². The molecule has 3 unspecified atom stereocenters. The lowest BCUT2D eigenvalue weighted by Crippen LogP contribution is -2.49. The van der Waals surface area contributed by atoms with Crippen molar-refractivity contribution in [3.63, 3.8) is 0 Å². The van der Waals surface area contributed by atoms with Gasteiger partial charge in [0.25, 0.3) is 0 Å². The maximum atomic E-state index is 5.76. The number of thiazole rings is 1. The van der Waals surface area contributed by atoms with E-state index in [2.05, 4.69) is 116 Å². The molecule has 48 heavy (non-hydrogen) atoms. The highest BCUT2D eigenvalue weighted by atomic mass is 32.1. The Bertz CT molecular complexity index is 1730. The van der Waals surface area contributed by atoms with Crippen molar-refractivity contribution in [3.8, 4) is 22.5 Å². The van der Waals surface area contributed by atoms with Crippen LogP contribution in [0.5, 0.6) is 0 Å². The summed E-state index contributed by atoms with van der Waals surface area (Å²) in [5.74, 6) is 0.274. The molecule has 4 heterocycles. The number of pyridine rings is 1. The number of nitrogens with zero attached hydrogens (tertiary/aromatic N) is 4. The number of aromatic nitrogens is 3. The number of nitrogens with one attached hydrogen (secondary N) is 2. The van der Waals surface area contributed by atoms with E-state index < -0.39 is 0 Å². The van der Waals surface area contributed by atoms with Crippen LogP contribution in [0.4, 0.5) is 0 Å². The molecule has 4 aromatic rings. The molecular weight excluding hydrogens is 613 g/mol. The molecule has 1 saturated heterocycles. The summed E-state index contributed by atoms with van der Waals surface area (Å²) in [6.07, 6.45) is 10.3. The number of aryl methyl sites for hydroxylation is 1. The smallest absolute Gasteiger partial charge is 0.0939 e. The second kappa shape index (κ2) is 15.7. The monoisotopic (exact) mass is 666 g/mol. The number of hydrogen-bond acceptors (Lipinski definition) is 7. The molecule has 1 aliphatic rings. The highest BCUT2D eigenvalue weighted by Gasteiger charge is 2.29. The third-order valence-electron chi connectivity index (χ3n) is 9.76. The van der Waals surface area contributed by atoms with Crippen molar-refractivity contribution >= 4 is 22.2 Å². The quantitative estimate of drug-likeness (QED) is 0.0919. The molecule has 0 bridgehead atoms. The van der Waals surface area contributed by atoms with Crippen LogP contribution in [0, 0.1) is 11.3 Å². The maximum Gasteiger partial charge on any atom is 0.0939 e. The molecule has 1 aliphatic heterocycles. The minimum Gasteiger partial charge on any atom is -0.501 e. The van der Waals surface area contributed by atoms with Gasteiger partial charge in [0, 0.05) is 76.3 Å². The molecule has 0 spiro atoms. The molecule has 7 nitrogen and oxygen atoms in total. The first-order chi connectivity index (χ1) is 23.1. The molecule has 0 saturated carbocycles. The van der Waals surface area contributed by atoms with Gasteiger partial charge < -0.3 is 20.0 Å². The van der Waals surface area contributed by atoms with E-state index >= 15 is 0 Å². The highest BCUT2D eigenvalue weighted by Crippen LogP contribution is 2.42. The molecule has 0 amide bonds. The molecule has 1 aromatic carbocycles. The topological polar surface area (TPSA) is 67.2 Å². The third kappa shape index (κ3) is 7.61. The van der Waals surface area contributed by atoms with Gasteiger partial charge in [-0.2, -0.15) is 0 Å². The van der Waals surface area contributed by atoms with Gasteiger partial charge in [0.1, 0.15) is 0 Å². The van der Waals surface area contributed by atoms with Crippen LogP contribution >= 0.6 is 11.3 Å². The van der Waals surface area contributed by atoms with Gasteiger partial charge in [0.15, 0.2) is 0 Å². The van der Waals surface area contributed by atoms with Crippen molar-refractivity contribution in [2.45, 2.75) is 85.4 Å². The predicted molar refractivity (Wildman–Crippen MR) is 203 cm³/mol. The summed E-state index contributed by atoms with van der Waals surface area (Å²) in [6.45, 7) is 25.8. The Labute approximate surface area is 291 Å². The Morgan fingerprint density at radius 3 is 2.71 bits per heavy atom. The number of benzene rings is 1. The van der Waals surface area contributed by atoms with Crippen LogP contribution in [0.25, 0.3) is 33.4 Å². The van der Waals surface area contributed by atoms with E-state index in [9.17, 15) is 0 Å². The van der Waals surface area contributed by atoms with Crippen LogP contribution in [0.15, 0.2) is 79.7 Å². The van der Waals surface area contributed by atoms with E-state index in [0.717, 1.165) is 72.8 Å². The SMILES string of the molecule is C=COCC(C)(C)Cc1c(-c2cccnc2C(CC)NC)n(CC)c2ccc(-c3csc(CC(C=C)C(C)N4CCCC(=C)N4)n3)cc12. The molecule has 1 fully saturated rings. The standard InChI is InChI=1S/C40H54N6OS/c1-10-29(28(6)46-21-15-16-27(5)44-46)23-37-43-35(25-48-37)30-18-19-36-32(22-30)33(24-40(7,8)26-47-13-4)39(45(36)12-3)31-17-14-20-42-38(31)34(11-2)41-9/h10,13-14,17-20,22,25,28-29,34,41,44H,1,4-5,11-12,15-16,21,23-24,26H2,2-3,6-9H3. The molecule has 3 atom stereocenters. The number of hydrogen-bond donors (Lipinski definition) is 2. The van der Waals surface area contributed by atoms with Crippen molar-refractivity contribution in [2.24, 2.45) is 11.3 Å². The van der Waals surface area contributed by atoms with Crippen LogP contribution in [-0.4, -0.2) is 45.8 Å². The number of fused-ring (bicyclic) bond motifs is 1. The molecule has 3 aromatic heterocycles. The van der Waals surface area contributed by atoms with Crippen LogP contribution in [-0.2, 0) is 24.1 Å². The minimum absolute atomic E-state index is 0.124. The predicted octanol–water partition coefficient (Wildman–Crippen LogP) is 9.09. The summed E-state index contributed by atoms with van der Waals surface area (Å²) in [5.41, 5.74) is 12.7. The highest BCUT2D eigenvalue weighted by molar-refractivity contribution is 7.09. The summed E-state index contributed by atoms with van der Waals surface area (Å²) in [4.78, 5) is 10.1. The van der Waals surface area contributed by atoms with Crippen molar-refractivity contribution in [2.75, 3.05) is 20.2 Å². The number of allylic oxidation sites excluding steroid dienone is 1. The first-order valence-corrected chi connectivity index (χ1v) is 18.3. The third-order valence-corrected chi connectivity index (χ3v) is 10.6. The Morgan fingerprint density at radius 1 is 1.21 bits per heavy atom. The van der Waals surface area contributed by atoms with Gasteiger partial charge in [-0.05, 0) is 82.3 Å². The average molecular weight is 667 g/mol. The van der Waals surface area contributed by atoms with E-state index in [-0.39, 0.29) is 17.4 Å². The zero-order chi connectivity index (χ0) is 34.4. The lowest BCUT2D eigenvalue weighted by molar-refractivity contribution is 0.103. The van der Waals surface area contributed by atoms with Crippen LogP contribution < -0.4 is 10.7 Å². The Hall–Kier alpha value is -3.72. The maximum absolute atomic E-state index is 5.76. The number of hydrazine groups is 1. The van der Waals surface area contributed by atoms with Gasteiger partial charge in [-0.3, -0.25) is 4.98 Å². The molecule has 2 N–H and O–H groups in total. The summed E-state index contributed by atoms with van der Waals surface area (Å²) >= 11 is 1.74. The molecule has 0 aliphatic carbocycles. The zero-order valence-corrected chi connectivity index (χ0v) is 30.6. The first kappa shape index (κ1) is 35.6.